The van der Waals surface area contributed by atoms with Gasteiger partial charge in [0.1, 0.15) is 22.7 Å². The van der Waals surface area contributed by atoms with Crippen molar-refractivity contribution in [2.24, 2.45) is 46.3 Å². The molecule has 0 aromatic rings. The van der Waals surface area contributed by atoms with Crippen molar-refractivity contribution in [2.75, 3.05) is 19.6 Å². The van der Waals surface area contributed by atoms with Crippen LogP contribution >= 0.6 is 21.6 Å². The average Bonchev–Trinajstić information content (AvgIpc) is 4.07. The maximum atomic E-state index is 15.3. The first-order chi connectivity index (χ1) is 31.1. The molecule has 13 rings (SSSR count). The number of aliphatic hydroxyl groups is 1. The van der Waals surface area contributed by atoms with E-state index in [4.69, 9.17) is 9.47 Å². The molecule has 0 aromatic heterocycles. The SMILES string of the molecule is CCC1(/C=C2\OC(=O)C3=C2CC[C@H]2[C@@H]4CC[C@@]5(C6=C4[C@@H](CN4C(=O)C=CC4=O)C4=CCNC7=C4C=C[C@H](N7)SS[C@@H](NC[C@H](C)O)[C@H](C4CCCCC4)C/C=C/5OC6=O)[C@@H]32)CCCC1. The van der Waals surface area contributed by atoms with E-state index in [0.717, 1.165) is 90.8 Å². The van der Waals surface area contributed by atoms with Crippen LogP contribution in [0.3, 0.4) is 0 Å². The number of carbonyl (C=O) groups is 4. The fourth-order valence-electron chi connectivity index (χ4n) is 14.2. The lowest BCUT2D eigenvalue weighted by Gasteiger charge is -2.57. The standard InChI is InChI=1S/C51H62N4O7S2/c1-3-50(21-7-8-22-50)25-37-35-12-11-33-32-19-23-51(44(33)43(35)48(59)61-37)38-15-13-30(29-9-5-4-6-10-29)47(53-26-28(2)56)64-63-39-16-14-34-31(20-24-52-46(34)54-39)36(42(32)45(51)49(60)62-38)27-55-40(57)17-18-41(55)58/h14-18,20,25,28-30,32-33,36,39,44,47,52-54,56H,3-13,19,21-24,26-27H2,1-2H3/b37-25-,38-15-/t28-,30-,32-,33-,36-,39+,44+,47+,51-/m0/s1. The first-order valence-corrected chi connectivity index (χ1v) is 26.6. The molecule has 11 nitrogen and oxygen atoms in total. The number of allylic oxidation sites excluding steroid dienone is 6. The second kappa shape index (κ2) is 16.8. The van der Waals surface area contributed by atoms with Crippen LogP contribution in [0, 0.1) is 46.3 Å². The highest BCUT2D eigenvalue weighted by atomic mass is 33.1. The van der Waals surface area contributed by atoms with E-state index in [1.807, 2.05) is 17.7 Å². The number of cyclic esters (lactones) is 1. The molecule has 4 N–H and O–H groups in total. The fraction of sp³-hybridized carbons (Fsp3) is 0.608. The first kappa shape index (κ1) is 42.8. The number of imide groups is 1. The number of hydrogen-bond donors (Lipinski definition) is 4. The molecule has 4 fully saturated rings. The number of fused-ring (bicyclic) bond motifs is 6. The van der Waals surface area contributed by atoms with Crippen molar-refractivity contribution >= 4 is 45.3 Å². The zero-order valence-corrected chi connectivity index (χ0v) is 38.8. The summed E-state index contributed by atoms with van der Waals surface area (Å²) in [4.78, 5) is 58.3. The molecule has 9 atom stereocenters. The van der Waals surface area contributed by atoms with Crippen molar-refractivity contribution < 1.29 is 33.8 Å². The molecule has 3 saturated carbocycles. The van der Waals surface area contributed by atoms with E-state index in [9.17, 15) is 19.5 Å². The summed E-state index contributed by atoms with van der Waals surface area (Å²) in [6.07, 6.45) is 28.3. The zero-order valence-electron chi connectivity index (χ0n) is 37.1. The molecule has 9 bridgehead atoms. The van der Waals surface area contributed by atoms with Gasteiger partial charge in [0.25, 0.3) is 11.8 Å². The number of amides is 2. The molecule has 6 aliphatic carbocycles. The lowest BCUT2D eigenvalue weighted by molar-refractivity contribution is -0.138. The van der Waals surface area contributed by atoms with Gasteiger partial charge in [0.15, 0.2) is 0 Å². The third-order valence-electron chi connectivity index (χ3n) is 17.1. The predicted octanol–water partition coefficient (Wildman–Crippen LogP) is 7.91. The van der Waals surface area contributed by atoms with Crippen LogP contribution in [-0.4, -0.2) is 70.2 Å². The summed E-state index contributed by atoms with van der Waals surface area (Å²) in [5, 5.41) is 21.7. The lowest BCUT2D eigenvalue weighted by atomic mass is 9.43. The molecule has 7 heterocycles. The van der Waals surface area contributed by atoms with Gasteiger partial charge < -0.3 is 30.5 Å². The molecular weight excluding hydrogens is 845 g/mol. The van der Waals surface area contributed by atoms with Crippen molar-refractivity contribution in [3.63, 3.8) is 0 Å². The van der Waals surface area contributed by atoms with Gasteiger partial charge in [-0.1, -0.05) is 91.7 Å². The van der Waals surface area contributed by atoms with Gasteiger partial charge in [-0.05, 0) is 111 Å². The fourth-order valence-corrected chi connectivity index (χ4v) is 17.1. The number of nitrogens with zero attached hydrogens (tertiary/aromatic N) is 1. The Morgan fingerprint density at radius 3 is 2.50 bits per heavy atom. The Kier molecular flexibility index (Phi) is 11.3. The average molecular weight is 907 g/mol. The summed E-state index contributed by atoms with van der Waals surface area (Å²) in [6, 6.07) is 0. The van der Waals surface area contributed by atoms with E-state index in [1.165, 1.54) is 49.2 Å². The largest absolute Gasteiger partial charge is 0.427 e. The van der Waals surface area contributed by atoms with E-state index in [-0.39, 0.29) is 70.1 Å². The van der Waals surface area contributed by atoms with Crippen LogP contribution in [0.2, 0.25) is 0 Å². The molecule has 0 unspecified atom stereocenters. The van der Waals surface area contributed by atoms with Crippen LogP contribution in [0.5, 0.6) is 0 Å². The van der Waals surface area contributed by atoms with Gasteiger partial charge in [0.2, 0.25) is 0 Å². The van der Waals surface area contributed by atoms with Gasteiger partial charge in [-0.15, -0.1) is 0 Å². The monoisotopic (exact) mass is 906 g/mol. The van der Waals surface area contributed by atoms with Gasteiger partial charge in [0.05, 0.1) is 22.5 Å². The lowest BCUT2D eigenvalue weighted by Crippen LogP contribution is -2.54. The van der Waals surface area contributed by atoms with Crippen LogP contribution in [0.4, 0.5) is 0 Å². The van der Waals surface area contributed by atoms with E-state index in [0.29, 0.717) is 43.2 Å². The third-order valence-corrected chi connectivity index (χ3v) is 20.0. The van der Waals surface area contributed by atoms with Gasteiger partial charge in [-0.3, -0.25) is 14.5 Å². The number of rotatable bonds is 8. The smallest absolute Gasteiger partial charge is 0.340 e. The molecule has 0 radical (unpaired) electrons. The topological polar surface area (TPSA) is 146 Å². The highest BCUT2D eigenvalue weighted by Gasteiger charge is 2.69. The molecular formula is C51H62N4O7S2. The highest BCUT2D eigenvalue weighted by molar-refractivity contribution is 8.77. The summed E-state index contributed by atoms with van der Waals surface area (Å²) < 4.78 is 13.2. The van der Waals surface area contributed by atoms with Crippen molar-refractivity contribution in [3.05, 3.63) is 93.3 Å². The summed E-state index contributed by atoms with van der Waals surface area (Å²) in [7, 11) is 3.59. The molecule has 340 valence electrons. The molecule has 64 heavy (non-hydrogen) atoms. The van der Waals surface area contributed by atoms with Gasteiger partial charge in [-0.25, -0.2) is 9.59 Å². The second-order valence-electron chi connectivity index (χ2n) is 20.4. The first-order valence-electron chi connectivity index (χ1n) is 24.4. The minimum atomic E-state index is -0.915. The Labute approximate surface area is 384 Å². The second-order valence-corrected chi connectivity index (χ2v) is 22.9. The zero-order chi connectivity index (χ0) is 43.9. The molecule has 2 amide bonds. The Morgan fingerprint density at radius 1 is 0.938 bits per heavy atom. The summed E-state index contributed by atoms with van der Waals surface area (Å²) in [5.41, 5.74) is 4.41. The maximum Gasteiger partial charge on any atom is 0.340 e. The minimum absolute atomic E-state index is 0.000631. The molecule has 13 aliphatic rings. The van der Waals surface area contributed by atoms with Gasteiger partial charge >= 0.3 is 11.9 Å². The molecule has 13 heteroatoms. The number of carbonyl (C=O) groups excluding carboxylic acids is 4. The quantitative estimate of drug-likeness (QED) is 0.107. The Hall–Kier alpha value is -3.78. The van der Waals surface area contributed by atoms with Gasteiger partial charge in [0, 0.05) is 60.3 Å². The van der Waals surface area contributed by atoms with Crippen molar-refractivity contribution in [1.82, 2.24) is 20.9 Å². The van der Waals surface area contributed by atoms with E-state index < -0.39 is 17.4 Å². The van der Waals surface area contributed by atoms with E-state index in [2.05, 4.69) is 53.3 Å². The van der Waals surface area contributed by atoms with Crippen LogP contribution in [0.25, 0.3) is 0 Å². The molecule has 1 saturated heterocycles. The Balaban J connectivity index is 1.12. The van der Waals surface area contributed by atoms with Crippen LogP contribution < -0.4 is 16.0 Å². The molecule has 0 aromatic carbocycles. The number of nitrogens with one attached hydrogen (secondary N) is 3. The highest BCUT2D eigenvalue weighted by Crippen LogP contribution is 2.72. The number of dihydropyridines is 2. The summed E-state index contributed by atoms with van der Waals surface area (Å²) in [5.74, 6) is 0.735. The number of ether oxygens (including phenoxy) is 2. The van der Waals surface area contributed by atoms with Gasteiger partial charge in [-0.2, -0.15) is 0 Å². The molecule has 7 aliphatic heterocycles. The normalized spacial score (nSPS) is 37.4. The number of aliphatic hydroxyl groups excluding tert-OH is 1. The van der Waals surface area contributed by atoms with Crippen LogP contribution in [0.15, 0.2) is 93.3 Å². The number of esters is 2. The number of hydrogen-bond acceptors (Lipinski definition) is 12. The van der Waals surface area contributed by atoms with Crippen LogP contribution in [0.1, 0.15) is 110 Å². The summed E-state index contributed by atoms with van der Waals surface area (Å²) >= 11 is 0. The minimum Gasteiger partial charge on any atom is -0.427 e. The predicted molar refractivity (Wildman–Crippen MR) is 247 cm³/mol. The van der Waals surface area contributed by atoms with Crippen LogP contribution in [-0.2, 0) is 28.7 Å². The molecule has 1 spiro atoms. The third kappa shape index (κ3) is 6.98. The van der Waals surface area contributed by atoms with Crippen molar-refractivity contribution in [1.29, 1.82) is 0 Å². The Morgan fingerprint density at radius 2 is 1.73 bits per heavy atom. The van der Waals surface area contributed by atoms with Crippen molar-refractivity contribution in [2.45, 2.75) is 127 Å². The Bertz CT molecular complexity index is 2270. The van der Waals surface area contributed by atoms with E-state index in [1.54, 1.807) is 10.8 Å². The van der Waals surface area contributed by atoms with E-state index >= 15 is 4.79 Å². The maximum absolute atomic E-state index is 15.3. The van der Waals surface area contributed by atoms with Crippen molar-refractivity contribution in [3.8, 4) is 0 Å². The summed E-state index contributed by atoms with van der Waals surface area (Å²) in [6.45, 7) is 5.18.